The number of hydrogen-bond acceptors (Lipinski definition) is 2. The summed E-state index contributed by atoms with van der Waals surface area (Å²) in [7, 11) is 0. The fourth-order valence-electron chi connectivity index (χ4n) is 2.07. The van der Waals surface area contributed by atoms with Gasteiger partial charge in [0.15, 0.2) is 0 Å². The van der Waals surface area contributed by atoms with Crippen LogP contribution < -0.4 is 5.32 Å². The van der Waals surface area contributed by atoms with Gasteiger partial charge in [0.1, 0.15) is 0 Å². The molecule has 1 rings (SSSR count). The molecule has 0 amide bonds. The summed E-state index contributed by atoms with van der Waals surface area (Å²) in [5, 5.41) is 12.7. The lowest BCUT2D eigenvalue weighted by atomic mass is 9.96. The first kappa shape index (κ1) is 14.2. The van der Waals surface area contributed by atoms with Gasteiger partial charge in [-0.3, -0.25) is 0 Å². The quantitative estimate of drug-likeness (QED) is 0.822. The van der Waals surface area contributed by atoms with Gasteiger partial charge in [-0.15, -0.1) is 0 Å². The van der Waals surface area contributed by atoms with Crippen molar-refractivity contribution in [3.05, 3.63) is 34.4 Å². The Kier molecular flexibility index (Phi) is 5.16. The molecule has 0 aliphatic rings. The standard InChI is InChI=1S/C15H25NO/c1-10-8-12(3)15(9-11(10)2)14(5)16-7-6-13(4)17/h8-9,13-14,16-17H,6-7H2,1-5H3. The largest absolute Gasteiger partial charge is 0.393 e. The fourth-order valence-corrected chi connectivity index (χ4v) is 2.07. The molecular weight excluding hydrogens is 210 g/mol. The number of nitrogens with one attached hydrogen (secondary N) is 1. The molecule has 17 heavy (non-hydrogen) atoms. The molecule has 0 saturated heterocycles. The number of aliphatic hydroxyl groups excluding tert-OH is 1. The first-order valence-corrected chi connectivity index (χ1v) is 6.41. The first-order valence-electron chi connectivity index (χ1n) is 6.41. The van der Waals surface area contributed by atoms with E-state index >= 15 is 0 Å². The van der Waals surface area contributed by atoms with Crippen LogP contribution in [0.1, 0.15) is 48.6 Å². The highest BCUT2D eigenvalue weighted by Gasteiger charge is 2.09. The number of hydrogen-bond donors (Lipinski definition) is 2. The van der Waals surface area contributed by atoms with Gasteiger partial charge < -0.3 is 10.4 Å². The summed E-state index contributed by atoms with van der Waals surface area (Å²) >= 11 is 0. The Balaban J connectivity index is 2.68. The van der Waals surface area contributed by atoms with Crippen LogP contribution in [-0.2, 0) is 0 Å². The van der Waals surface area contributed by atoms with Crippen molar-refractivity contribution >= 4 is 0 Å². The van der Waals surface area contributed by atoms with Gasteiger partial charge in [0, 0.05) is 6.04 Å². The molecule has 96 valence electrons. The highest BCUT2D eigenvalue weighted by molar-refractivity contribution is 5.37. The van der Waals surface area contributed by atoms with E-state index in [4.69, 9.17) is 0 Å². The zero-order valence-electron chi connectivity index (χ0n) is 11.7. The van der Waals surface area contributed by atoms with Crippen LogP contribution >= 0.6 is 0 Å². The molecular formula is C15H25NO. The molecule has 0 radical (unpaired) electrons. The Hall–Kier alpha value is -0.860. The second-order valence-corrected chi connectivity index (χ2v) is 5.11. The third-order valence-corrected chi connectivity index (χ3v) is 3.36. The smallest absolute Gasteiger partial charge is 0.0524 e. The summed E-state index contributed by atoms with van der Waals surface area (Å²) in [6.07, 6.45) is 0.573. The van der Waals surface area contributed by atoms with E-state index in [0.29, 0.717) is 6.04 Å². The van der Waals surface area contributed by atoms with Gasteiger partial charge in [-0.25, -0.2) is 0 Å². The molecule has 0 aliphatic carbocycles. The minimum Gasteiger partial charge on any atom is -0.393 e. The zero-order chi connectivity index (χ0) is 13.0. The minimum atomic E-state index is -0.226. The van der Waals surface area contributed by atoms with Gasteiger partial charge in [0.25, 0.3) is 0 Å². The Bertz CT molecular complexity index is 371. The van der Waals surface area contributed by atoms with E-state index < -0.39 is 0 Å². The van der Waals surface area contributed by atoms with Crippen molar-refractivity contribution in [1.29, 1.82) is 0 Å². The topological polar surface area (TPSA) is 32.3 Å². The molecule has 1 aromatic carbocycles. The van der Waals surface area contributed by atoms with Crippen molar-refractivity contribution in [3.8, 4) is 0 Å². The lowest BCUT2D eigenvalue weighted by Crippen LogP contribution is -2.23. The molecule has 2 unspecified atom stereocenters. The van der Waals surface area contributed by atoms with Crippen molar-refractivity contribution in [2.75, 3.05) is 6.54 Å². The zero-order valence-corrected chi connectivity index (χ0v) is 11.7. The lowest BCUT2D eigenvalue weighted by Gasteiger charge is -2.18. The fraction of sp³-hybridized carbons (Fsp3) is 0.600. The third kappa shape index (κ3) is 4.14. The molecule has 2 N–H and O–H groups in total. The van der Waals surface area contributed by atoms with Gasteiger partial charge in [-0.2, -0.15) is 0 Å². The summed E-state index contributed by atoms with van der Waals surface area (Å²) in [6.45, 7) is 11.3. The molecule has 0 saturated carbocycles. The summed E-state index contributed by atoms with van der Waals surface area (Å²) in [5.74, 6) is 0. The van der Waals surface area contributed by atoms with E-state index in [1.54, 1.807) is 0 Å². The summed E-state index contributed by atoms with van der Waals surface area (Å²) < 4.78 is 0. The van der Waals surface area contributed by atoms with Gasteiger partial charge in [-0.1, -0.05) is 12.1 Å². The second kappa shape index (κ2) is 6.18. The molecule has 0 bridgehead atoms. The van der Waals surface area contributed by atoms with Crippen LogP contribution in [0.3, 0.4) is 0 Å². The Labute approximate surface area is 105 Å². The SMILES string of the molecule is Cc1cc(C)c(C(C)NCCC(C)O)cc1C. The molecule has 0 spiro atoms. The maximum Gasteiger partial charge on any atom is 0.0524 e. The molecule has 0 aliphatic heterocycles. The maximum atomic E-state index is 9.23. The van der Waals surface area contributed by atoms with Crippen LogP contribution in [0.25, 0.3) is 0 Å². The summed E-state index contributed by atoms with van der Waals surface area (Å²) in [4.78, 5) is 0. The Morgan fingerprint density at radius 1 is 1.06 bits per heavy atom. The summed E-state index contributed by atoms with van der Waals surface area (Å²) in [5.41, 5.74) is 5.39. The monoisotopic (exact) mass is 235 g/mol. The second-order valence-electron chi connectivity index (χ2n) is 5.11. The van der Waals surface area contributed by atoms with Crippen molar-refractivity contribution in [2.24, 2.45) is 0 Å². The van der Waals surface area contributed by atoms with Crippen LogP contribution in [0.4, 0.5) is 0 Å². The lowest BCUT2D eigenvalue weighted by molar-refractivity contribution is 0.182. The van der Waals surface area contributed by atoms with E-state index in [9.17, 15) is 5.11 Å². The van der Waals surface area contributed by atoms with Gasteiger partial charge >= 0.3 is 0 Å². The molecule has 2 nitrogen and oxygen atoms in total. The molecule has 0 heterocycles. The Morgan fingerprint density at radius 3 is 2.24 bits per heavy atom. The predicted molar refractivity (Wildman–Crippen MR) is 73.4 cm³/mol. The maximum absolute atomic E-state index is 9.23. The molecule has 2 atom stereocenters. The van der Waals surface area contributed by atoms with Crippen molar-refractivity contribution in [3.63, 3.8) is 0 Å². The van der Waals surface area contributed by atoms with Crippen LogP contribution in [0.15, 0.2) is 12.1 Å². The van der Waals surface area contributed by atoms with Crippen molar-refractivity contribution in [2.45, 2.75) is 53.2 Å². The highest BCUT2D eigenvalue weighted by Crippen LogP contribution is 2.21. The number of aryl methyl sites for hydroxylation is 3. The number of rotatable bonds is 5. The molecule has 2 heteroatoms. The van der Waals surface area contributed by atoms with Crippen LogP contribution in [0, 0.1) is 20.8 Å². The van der Waals surface area contributed by atoms with E-state index in [-0.39, 0.29) is 6.10 Å². The van der Waals surface area contributed by atoms with E-state index in [1.165, 1.54) is 22.3 Å². The van der Waals surface area contributed by atoms with E-state index in [1.807, 2.05) is 6.92 Å². The van der Waals surface area contributed by atoms with Crippen LogP contribution in [0.5, 0.6) is 0 Å². The number of aliphatic hydroxyl groups is 1. The first-order chi connectivity index (χ1) is 7.91. The highest BCUT2D eigenvalue weighted by atomic mass is 16.3. The van der Waals surface area contributed by atoms with E-state index in [0.717, 1.165) is 13.0 Å². The average Bonchev–Trinajstić information content (AvgIpc) is 2.22. The van der Waals surface area contributed by atoms with Gasteiger partial charge in [0.2, 0.25) is 0 Å². The van der Waals surface area contributed by atoms with Crippen molar-refractivity contribution in [1.82, 2.24) is 5.32 Å². The minimum absolute atomic E-state index is 0.226. The molecule has 0 aromatic heterocycles. The Morgan fingerprint density at radius 2 is 1.65 bits per heavy atom. The van der Waals surface area contributed by atoms with Crippen molar-refractivity contribution < 1.29 is 5.11 Å². The van der Waals surface area contributed by atoms with Gasteiger partial charge in [0.05, 0.1) is 6.10 Å². The molecule has 1 aromatic rings. The van der Waals surface area contributed by atoms with E-state index in [2.05, 4.69) is 45.1 Å². The normalized spacial score (nSPS) is 14.7. The summed E-state index contributed by atoms with van der Waals surface area (Å²) in [6, 6.07) is 4.86. The average molecular weight is 235 g/mol. The number of benzene rings is 1. The third-order valence-electron chi connectivity index (χ3n) is 3.36. The molecule has 0 fully saturated rings. The predicted octanol–water partition coefficient (Wildman–Crippen LogP) is 3.03. The van der Waals surface area contributed by atoms with Crippen LogP contribution in [0.2, 0.25) is 0 Å². The van der Waals surface area contributed by atoms with Crippen LogP contribution in [-0.4, -0.2) is 17.8 Å². The van der Waals surface area contributed by atoms with Gasteiger partial charge in [-0.05, 0) is 69.8 Å².